The van der Waals surface area contributed by atoms with Gasteiger partial charge >= 0.3 is 5.97 Å². The zero-order valence-electron chi connectivity index (χ0n) is 11.5. The van der Waals surface area contributed by atoms with Gasteiger partial charge in [-0.25, -0.2) is 4.79 Å². The van der Waals surface area contributed by atoms with E-state index in [0.717, 1.165) is 5.69 Å². The van der Waals surface area contributed by atoms with Gasteiger partial charge in [0.1, 0.15) is 0 Å². The Bertz CT molecular complexity index is 674. The van der Waals surface area contributed by atoms with Crippen LogP contribution in [0.15, 0.2) is 30.3 Å². The van der Waals surface area contributed by atoms with Crippen molar-refractivity contribution in [2.75, 3.05) is 14.2 Å². The zero-order valence-corrected chi connectivity index (χ0v) is 13.0. The molecule has 4 nitrogen and oxygen atoms in total. The highest BCUT2D eigenvalue weighted by molar-refractivity contribution is 6.38. The van der Waals surface area contributed by atoms with Crippen molar-refractivity contribution < 1.29 is 14.3 Å². The van der Waals surface area contributed by atoms with Crippen molar-refractivity contribution in [1.29, 1.82) is 0 Å². The van der Waals surface area contributed by atoms with E-state index >= 15 is 0 Å². The molecule has 0 saturated carbocycles. The summed E-state index contributed by atoms with van der Waals surface area (Å²) >= 11 is 12.2. The van der Waals surface area contributed by atoms with Crippen molar-refractivity contribution in [1.82, 2.24) is 4.98 Å². The van der Waals surface area contributed by atoms with E-state index in [-0.39, 0.29) is 10.6 Å². The van der Waals surface area contributed by atoms with Gasteiger partial charge in [-0.3, -0.25) is 4.98 Å². The Morgan fingerprint density at radius 1 is 1.19 bits per heavy atom. The molecule has 0 bridgehead atoms. The second-order valence-corrected chi connectivity index (χ2v) is 5.07. The Hall–Kier alpha value is -1.62. The molecule has 0 atom stereocenters. The zero-order chi connectivity index (χ0) is 15.4. The molecule has 110 valence electrons. The van der Waals surface area contributed by atoms with Gasteiger partial charge in [-0.1, -0.05) is 29.3 Å². The molecule has 0 spiro atoms. The maximum Gasteiger partial charge on any atom is 0.339 e. The van der Waals surface area contributed by atoms with Crippen LogP contribution < -0.4 is 0 Å². The standard InChI is InChI=1S/C15H13Cl2NO3/c1-20-8-9-4-3-5-14(18-9)10-6-11(15(19)21-2)13(17)7-12(10)16/h3-7H,8H2,1-2H3. The fourth-order valence-corrected chi connectivity index (χ4v) is 2.43. The number of methoxy groups -OCH3 is 2. The third-order valence-corrected chi connectivity index (χ3v) is 3.46. The number of aromatic nitrogens is 1. The number of nitrogens with zero attached hydrogens (tertiary/aromatic N) is 1. The van der Waals surface area contributed by atoms with Crippen molar-refractivity contribution in [2.24, 2.45) is 0 Å². The van der Waals surface area contributed by atoms with Crippen LogP contribution in [0.25, 0.3) is 11.3 Å². The summed E-state index contributed by atoms with van der Waals surface area (Å²) in [6.45, 7) is 0.392. The van der Waals surface area contributed by atoms with Gasteiger partial charge in [0.05, 0.1) is 40.7 Å². The molecule has 0 fully saturated rings. The Balaban J connectivity index is 2.53. The molecule has 2 rings (SSSR count). The van der Waals surface area contributed by atoms with Crippen LogP contribution in [-0.4, -0.2) is 25.2 Å². The van der Waals surface area contributed by atoms with Crippen molar-refractivity contribution in [3.63, 3.8) is 0 Å². The molecule has 21 heavy (non-hydrogen) atoms. The lowest BCUT2D eigenvalue weighted by Crippen LogP contribution is -2.03. The lowest BCUT2D eigenvalue weighted by atomic mass is 10.1. The van der Waals surface area contributed by atoms with Crippen LogP contribution in [0.3, 0.4) is 0 Å². The number of pyridine rings is 1. The quantitative estimate of drug-likeness (QED) is 0.797. The molecule has 1 heterocycles. The maximum absolute atomic E-state index is 11.7. The predicted molar refractivity (Wildman–Crippen MR) is 81.7 cm³/mol. The minimum absolute atomic E-state index is 0.239. The molecule has 0 aliphatic heterocycles. The summed E-state index contributed by atoms with van der Waals surface area (Å²) in [5.74, 6) is -0.522. The smallest absolute Gasteiger partial charge is 0.339 e. The topological polar surface area (TPSA) is 48.4 Å². The molecule has 0 aliphatic carbocycles. The van der Waals surface area contributed by atoms with Gasteiger partial charge in [0.15, 0.2) is 0 Å². The van der Waals surface area contributed by atoms with Crippen LogP contribution in [0.1, 0.15) is 16.1 Å². The van der Waals surface area contributed by atoms with Gasteiger partial charge in [-0.05, 0) is 24.3 Å². The van der Waals surface area contributed by atoms with Crippen LogP contribution in [0, 0.1) is 0 Å². The molecule has 0 radical (unpaired) electrons. The van der Waals surface area contributed by atoms with E-state index in [1.165, 1.54) is 13.2 Å². The molecule has 0 unspecified atom stereocenters. The van der Waals surface area contributed by atoms with Crippen molar-refractivity contribution >= 4 is 29.2 Å². The first-order valence-electron chi connectivity index (χ1n) is 6.09. The first kappa shape index (κ1) is 15.8. The third-order valence-electron chi connectivity index (χ3n) is 2.84. The molecule has 6 heteroatoms. The second-order valence-electron chi connectivity index (χ2n) is 4.25. The Morgan fingerprint density at radius 2 is 1.95 bits per heavy atom. The van der Waals surface area contributed by atoms with Crippen molar-refractivity contribution in [3.8, 4) is 11.3 Å². The fourth-order valence-electron chi connectivity index (χ4n) is 1.87. The highest BCUT2D eigenvalue weighted by Gasteiger charge is 2.16. The molecule has 1 aromatic heterocycles. The van der Waals surface area contributed by atoms with Crippen LogP contribution in [0.4, 0.5) is 0 Å². The Morgan fingerprint density at radius 3 is 2.62 bits per heavy atom. The number of benzene rings is 1. The minimum atomic E-state index is -0.522. The number of hydrogen-bond acceptors (Lipinski definition) is 4. The van der Waals surface area contributed by atoms with E-state index in [4.69, 9.17) is 32.7 Å². The summed E-state index contributed by atoms with van der Waals surface area (Å²) < 4.78 is 9.76. The van der Waals surface area contributed by atoms with E-state index in [9.17, 15) is 4.79 Å². The summed E-state index contributed by atoms with van der Waals surface area (Å²) in [4.78, 5) is 16.2. The lowest BCUT2D eigenvalue weighted by molar-refractivity contribution is 0.0601. The van der Waals surface area contributed by atoms with E-state index in [2.05, 4.69) is 4.98 Å². The first-order chi connectivity index (χ1) is 10.1. The van der Waals surface area contributed by atoms with Crippen molar-refractivity contribution in [3.05, 3.63) is 51.6 Å². The molecule has 0 amide bonds. The van der Waals surface area contributed by atoms with Crippen LogP contribution in [-0.2, 0) is 16.1 Å². The average molecular weight is 326 g/mol. The molecule has 0 N–H and O–H groups in total. The fraction of sp³-hybridized carbons (Fsp3) is 0.200. The summed E-state index contributed by atoms with van der Waals surface area (Å²) in [7, 11) is 2.89. The number of rotatable bonds is 4. The van der Waals surface area contributed by atoms with Gasteiger partial charge in [-0.2, -0.15) is 0 Å². The first-order valence-corrected chi connectivity index (χ1v) is 6.85. The van der Waals surface area contributed by atoms with Gasteiger partial charge in [0, 0.05) is 12.7 Å². The molecule has 0 aliphatic rings. The van der Waals surface area contributed by atoms with Crippen LogP contribution >= 0.6 is 23.2 Å². The van der Waals surface area contributed by atoms with E-state index in [1.807, 2.05) is 12.1 Å². The van der Waals surface area contributed by atoms with E-state index in [0.29, 0.717) is 22.9 Å². The third kappa shape index (κ3) is 3.53. The number of ether oxygens (including phenoxy) is 2. The summed E-state index contributed by atoms with van der Waals surface area (Å²) in [6, 6.07) is 8.58. The van der Waals surface area contributed by atoms with E-state index < -0.39 is 5.97 Å². The molecule has 2 aromatic rings. The SMILES string of the molecule is COCc1cccc(-c2cc(C(=O)OC)c(Cl)cc2Cl)n1. The van der Waals surface area contributed by atoms with Gasteiger partial charge in [-0.15, -0.1) is 0 Å². The molecule has 0 saturated heterocycles. The Labute approximate surface area is 132 Å². The highest BCUT2D eigenvalue weighted by atomic mass is 35.5. The van der Waals surface area contributed by atoms with Gasteiger partial charge in [0.25, 0.3) is 0 Å². The van der Waals surface area contributed by atoms with Crippen LogP contribution in [0.5, 0.6) is 0 Å². The summed E-state index contributed by atoms with van der Waals surface area (Å²) in [5.41, 5.74) is 2.26. The molecular weight excluding hydrogens is 313 g/mol. The minimum Gasteiger partial charge on any atom is -0.465 e. The normalized spacial score (nSPS) is 10.5. The van der Waals surface area contributed by atoms with Gasteiger partial charge in [0.2, 0.25) is 0 Å². The highest BCUT2D eigenvalue weighted by Crippen LogP contribution is 2.32. The number of hydrogen-bond donors (Lipinski definition) is 0. The number of carbonyl (C=O) groups excluding carboxylic acids is 1. The number of carbonyl (C=O) groups is 1. The van der Waals surface area contributed by atoms with Gasteiger partial charge < -0.3 is 9.47 Å². The van der Waals surface area contributed by atoms with E-state index in [1.54, 1.807) is 19.2 Å². The average Bonchev–Trinajstić information content (AvgIpc) is 2.47. The lowest BCUT2D eigenvalue weighted by Gasteiger charge is -2.09. The summed E-state index contributed by atoms with van der Waals surface area (Å²) in [5, 5.41) is 0.651. The van der Waals surface area contributed by atoms with Crippen LogP contribution in [0.2, 0.25) is 10.0 Å². The molecular formula is C15H13Cl2NO3. The predicted octanol–water partition coefficient (Wildman–Crippen LogP) is 3.99. The molecule has 1 aromatic carbocycles. The van der Waals surface area contributed by atoms with Crippen molar-refractivity contribution in [2.45, 2.75) is 6.61 Å². The monoisotopic (exact) mass is 325 g/mol. The largest absolute Gasteiger partial charge is 0.465 e. The Kier molecular flexibility index (Phi) is 5.17. The second kappa shape index (κ2) is 6.89. The number of esters is 1. The number of halogens is 2. The summed E-state index contributed by atoms with van der Waals surface area (Å²) in [6.07, 6.45) is 0. The maximum atomic E-state index is 11.7.